The van der Waals surface area contributed by atoms with Crippen molar-refractivity contribution in [3.05, 3.63) is 47.3 Å². The van der Waals surface area contributed by atoms with Crippen molar-refractivity contribution in [3.8, 4) is 0 Å². The molecule has 0 fully saturated rings. The number of aromatic nitrogens is 2. The van der Waals surface area contributed by atoms with Crippen molar-refractivity contribution >= 4 is 18.0 Å². The number of carbonyl (C=O) groups is 1. The third-order valence-electron chi connectivity index (χ3n) is 3.74. The molecular formula is C16H18N4O. The van der Waals surface area contributed by atoms with Gasteiger partial charge in [-0.1, -0.05) is 19.1 Å². The van der Waals surface area contributed by atoms with Gasteiger partial charge in [-0.05, 0) is 36.1 Å². The van der Waals surface area contributed by atoms with E-state index in [0.717, 1.165) is 42.7 Å². The molecule has 21 heavy (non-hydrogen) atoms. The van der Waals surface area contributed by atoms with Crippen LogP contribution in [0, 0.1) is 0 Å². The van der Waals surface area contributed by atoms with E-state index in [1.165, 1.54) is 5.56 Å². The first-order chi connectivity index (χ1) is 10.3. The van der Waals surface area contributed by atoms with Gasteiger partial charge in [0, 0.05) is 18.4 Å². The van der Waals surface area contributed by atoms with Crippen LogP contribution in [0.5, 0.6) is 0 Å². The Balaban J connectivity index is 1.78. The molecule has 2 heterocycles. The number of rotatable bonds is 4. The van der Waals surface area contributed by atoms with Crippen LogP contribution in [-0.4, -0.2) is 27.8 Å². The molecule has 0 spiro atoms. The smallest absolute Gasteiger partial charge is 0.227 e. The lowest BCUT2D eigenvalue weighted by atomic mass is 10.1. The number of hydrogen-bond acceptors (Lipinski definition) is 4. The van der Waals surface area contributed by atoms with Crippen molar-refractivity contribution in [3.63, 3.8) is 0 Å². The fraction of sp³-hybridized carbons (Fsp3) is 0.312. The number of hydrogen-bond donors (Lipinski definition) is 1. The summed E-state index contributed by atoms with van der Waals surface area (Å²) < 4.78 is 0. The number of nitrogens with one attached hydrogen (secondary N) is 1. The molecule has 1 aliphatic rings. The van der Waals surface area contributed by atoms with E-state index in [1.54, 1.807) is 4.90 Å². The van der Waals surface area contributed by atoms with Gasteiger partial charge in [0.05, 0.1) is 12.2 Å². The highest BCUT2D eigenvalue weighted by Crippen LogP contribution is 2.19. The molecular weight excluding hydrogens is 264 g/mol. The topological polar surface area (TPSA) is 58.1 Å². The fourth-order valence-electron chi connectivity index (χ4n) is 2.43. The maximum absolute atomic E-state index is 10.9. The predicted molar refractivity (Wildman–Crippen MR) is 81.3 cm³/mol. The van der Waals surface area contributed by atoms with Gasteiger partial charge in [0.1, 0.15) is 0 Å². The normalized spacial score (nSPS) is 13.7. The van der Waals surface area contributed by atoms with Crippen molar-refractivity contribution in [1.29, 1.82) is 0 Å². The molecule has 1 N–H and O–H groups in total. The number of benzene rings is 1. The third kappa shape index (κ3) is 3.02. The van der Waals surface area contributed by atoms with E-state index < -0.39 is 0 Å². The van der Waals surface area contributed by atoms with Gasteiger partial charge in [0.2, 0.25) is 12.4 Å². The van der Waals surface area contributed by atoms with Gasteiger partial charge < -0.3 is 10.2 Å². The zero-order chi connectivity index (χ0) is 14.7. The highest BCUT2D eigenvalue weighted by molar-refractivity contribution is 5.54. The van der Waals surface area contributed by atoms with Gasteiger partial charge in [0.25, 0.3) is 0 Å². The van der Waals surface area contributed by atoms with Gasteiger partial charge in [-0.25, -0.2) is 9.97 Å². The van der Waals surface area contributed by atoms with Crippen molar-refractivity contribution in [2.75, 3.05) is 11.9 Å². The number of nitrogens with zero attached hydrogens (tertiary/aromatic N) is 3. The minimum Gasteiger partial charge on any atom is -0.339 e. The Labute approximate surface area is 124 Å². The molecule has 108 valence electrons. The average molecular weight is 282 g/mol. The summed E-state index contributed by atoms with van der Waals surface area (Å²) in [5.41, 5.74) is 4.32. The van der Waals surface area contributed by atoms with Gasteiger partial charge in [0.15, 0.2) is 0 Å². The molecule has 5 nitrogen and oxygen atoms in total. The first-order valence-corrected chi connectivity index (χ1v) is 7.18. The van der Waals surface area contributed by atoms with Crippen LogP contribution in [0.4, 0.5) is 11.6 Å². The van der Waals surface area contributed by atoms with E-state index in [9.17, 15) is 4.79 Å². The standard InChI is InChI=1S/C16H18N4O/c1-2-12-3-5-14(6-4-12)18-16-17-9-13-7-8-20(11-21)10-15(13)19-16/h3-6,9,11H,2,7-8,10H2,1H3,(H,17,18,19). The molecule has 1 aromatic heterocycles. The predicted octanol–water partition coefficient (Wildman–Crippen LogP) is 2.30. The fourth-order valence-corrected chi connectivity index (χ4v) is 2.43. The van der Waals surface area contributed by atoms with Crippen molar-refractivity contribution < 1.29 is 4.79 Å². The zero-order valence-corrected chi connectivity index (χ0v) is 12.0. The summed E-state index contributed by atoms with van der Waals surface area (Å²) in [6.45, 7) is 3.43. The van der Waals surface area contributed by atoms with Gasteiger partial charge in [-0.2, -0.15) is 0 Å². The minimum absolute atomic E-state index is 0.560. The highest BCUT2D eigenvalue weighted by atomic mass is 16.1. The Bertz CT molecular complexity index is 639. The summed E-state index contributed by atoms with van der Waals surface area (Å²) >= 11 is 0. The SMILES string of the molecule is CCc1ccc(Nc2ncc3c(n2)CN(C=O)CC3)cc1. The Morgan fingerprint density at radius 2 is 2.14 bits per heavy atom. The lowest BCUT2D eigenvalue weighted by Gasteiger charge is -2.24. The summed E-state index contributed by atoms with van der Waals surface area (Å²) in [6.07, 6.45) is 4.57. The lowest BCUT2D eigenvalue weighted by Crippen LogP contribution is -2.30. The molecule has 0 aliphatic carbocycles. The van der Waals surface area contributed by atoms with E-state index in [2.05, 4.69) is 34.3 Å². The first kappa shape index (κ1) is 13.5. The second-order valence-corrected chi connectivity index (χ2v) is 5.17. The number of fused-ring (bicyclic) bond motifs is 1. The highest BCUT2D eigenvalue weighted by Gasteiger charge is 2.17. The zero-order valence-electron chi connectivity index (χ0n) is 12.0. The number of carbonyl (C=O) groups excluding carboxylic acids is 1. The van der Waals surface area contributed by atoms with Crippen LogP contribution in [0.25, 0.3) is 0 Å². The van der Waals surface area contributed by atoms with Crippen LogP contribution < -0.4 is 5.32 Å². The summed E-state index contributed by atoms with van der Waals surface area (Å²) in [5.74, 6) is 0.575. The molecule has 0 unspecified atom stereocenters. The largest absolute Gasteiger partial charge is 0.339 e. The van der Waals surface area contributed by atoms with Gasteiger partial charge in [-0.15, -0.1) is 0 Å². The summed E-state index contributed by atoms with van der Waals surface area (Å²) in [6, 6.07) is 8.24. The minimum atomic E-state index is 0.560. The summed E-state index contributed by atoms with van der Waals surface area (Å²) in [7, 11) is 0. The molecule has 0 saturated heterocycles. The molecule has 0 saturated carbocycles. The van der Waals surface area contributed by atoms with Crippen LogP contribution in [-0.2, 0) is 24.2 Å². The van der Waals surface area contributed by atoms with Crippen molar-refractivity contribution in [2.24, 2.45) is 0 Å². The van der Waals surface area contributed by atoms with Gasteiger partial charge >= 0.3 is 0 Å². The maximum atomic E-state index is 10.9. The molecule has 3 rings (SSSR count). The molecule has 0 atom stereocenters. The quantitative estimate of drug-likeness (QED) is 0.874. The second kappa shape index (κ2) is 5.91. The molecule has 5 heteroatoms. The van der Waals surface area contributed by atoms with E-state index in [1.807, 2.05) is 18.3 Å². The van der Waals surface area contributed by atoms with Crippen LogP contribution in [0.2, 0.25) is 0 Å². The number of aryl methyl sites for hydroxylation is 1. The van der Waals surface area contributed by atoms with E-state index in [-0.39, 0.29) is 0 Å². The van der Waals surface area contributed by atoms with E-state index in [0.29, 0.717) is 12.5 Å². The van der Waals surface area contributed by atoms with Crippen LogP contribution in [0.3, 0.4) is 0 Å². The van der Waals surface area contributed by atoms with E-state index in [4.69, 9.17) is 0 Å². The number of amides is 1. The van der Waals surface area contributed by atoms with Gasteiger partial charge in [-0.3, -0.25) is 4.79 Å². The Hall–Kier alpha value is -2.43. The molecule has 1 aromatic carbocycles. The lowest BCUT2D eigenvalue weighted by molar-refractivity contribution is -0.119. The maximum Gasteiger partial charge on any atom is 0.227 e. The van der Waals surface area contributed by atoms with Crippen molar-refractivity contribution in [2.45, 2.75) is 26.3 Å². The molecule has 2 aromatic rings. The van der Waals surface area contributed by atoms with Crippen LogP contribution in [0.1, 0.15) is 23.7 Å². The Morgan fingerprint density at radius 3 is 2.86 bits per heavy atom. The molecule has 0 radical (unpaired) electrons. The van der Waals surface area contributed by atoms with Crippen LogP contribution >= 0.6 is 0 Å². The Morgan fingerprint density at radius 1 is 1.33 bits per heavy atom. The van der Waals surface area contributed by atoms with Crippen LogP contribution in [0.15, 0.2) is 30.5 Å². The Kier molecular flexibility index (Phi) is 3.81. The monoisotopic (exact) mass is 282 g/mol. The first-order valence-electron chi connectivity index (χ1n) is 7.18. The molecule has 1 amide bonds. The average Bonchev–Trinajstić information content (AvgIpc) is 2.55. The van der Waals surface area contributed by atoms with E-state index >= 15 is 0 Å². The molecule has 1 aliphatic heterocycles. The number of anilines is 2. The van der Waals surface area contributed by atoms with Crippen molar-refractivity contribution in [1.82, 2.24) is 14.9 Å². The summed E-state index contributed by atoms with van der Waals surface area (Å²) in [5, 5.41) is 3.21. The molecule has 0 bridgehead atoms. The summed E-state index contributed by atoms with van der Waals surface area (Å²) in [4.78, 5) is 21.5. The second-order valence-electron chi connectivity index (χ2n) is 5.17. The third-order valence-corrected chi connectivity index (χ3v) is 3.74.